The summed E-state index contributed by atoms with van der Waals surface area (Å²) in [5.41, 5.74) is 1.71. The normalized spacial score (nSPS) is 11.1. The van der Waals surface area contributed by atoms with Crippen LogP contribution in [0.15, 0.2) is 43.1 Å². The van der Waals surface area contributed by atoms with E-state index in [9.17, 15) is 17.8 Å². The second kappa shape index (κ2) is 7.05. The van der Waals surface area contributed by atoms with Crippen molar-refractivity contribution in [2.24, 2.45) is 0 Å². The first-order valence-electron chi connectivity index (χ1n) is 6.40. The van der Waals surface area contributed by atoms with E-state index < -0.39 is 21.9 Å². The Bertz CT molecular complexity index is 732. The van der Waals surface area contributed by atoms with Gasteiger partial charge in [0.05, 0.1) is 12.1 Å². The van der Waals surface area contributed by atoms with Crippen molar-refractivity contribution in [2.45, 2.75) is 13.0 Å². The number of hydrogen-bond acceptors (Lipinski definition) is 6. The molecule has 8 nitrogen and oxygen atoms in total. The van der Waals surface area contributed by atoms with Gasteiger partial charge in [-0.1, -0.05) is 0 Å². The molecule has 0 unspecified atom stereocenters. The number of hydrogen-bond donors (Lipinski definition) is 1. The molecule has 2 rings (SSSR count). The van der Waals surface area contributed by atoms with E-state index in [1.54, 1.807) is 29.2 Å². The van der Waals surface area contributed by atoms with Gasteiger partial charge in [0.1, 0.15) is 22.3 Å². The lowest BCUT2D eigenvalue weighted by Crippen LogP contribution is -2.37. The Morgan fingerprint density at radius 2 is 2.00 bits per heavy atom. The van der Waals surface area contributed by atoms with Crippen molar-refractivity contribution in [3.63, 3.8) is 0 Å². The summed E-state index contributed by atoms with van der Waals surface area (Å²) < 4.78 is 33.0. The average molecular weight is 322 g/mol. The number of aromatic nitrogens is 3. The Balaban J connectivity index is 1.88. The van der Waals surface area contributed by atoms with Crippen molar-refractivity contribution in [2.75, 3.05) is 5.88 Å². The van der Waals surface area contributed by atoms with Crippen LogP contribution in [-0.4, -0.2) is 34.7 Å². The van der Waals surface area contributed by atoms with Crippen LogP contribution in [0.25, 0.3) is 11.3 Å². The third kappa shape index (κ3) is 5.19. The molecule has 116 valence electrons. The molecule has 0 aliphatic carbocycles. The molecule has 2 aromatic heterocycles. The van der Waals surface area contributed by atoms with Crippen molar-refractivity contribution in [3.05, 3.63) is 43.1 Å². The van der Waals surface area contributed by atoms with Crippen molar-refractivity contribution >= 4 is 16.0 Å². The van der Waals surface area contributed by atoms with Crippen molar-refractivity contribution in [1.29, 1.82) is 0 Å². The number of nitrogens with zero attached hydrogens (tertiary/aromatic N) is 3. The molecule has 1 N–H and O–H groups in total. The monoisotopic (exact) mass is 322 g/mol. The summed E-state index contributed by atoms with van der Waals surface area (Å²) in [6.45, 7) is 0.370. The van der Waals surface area contributed by atoms with Gasteiger partial charge in [-0.15, -0.1) is 0 Å². The van der Waals surface area contributed by atoms with Crippen LogP contribution in [0.4, 0.5) is 0 Å². The molecule has 0 aliphatic heterocycles. The first-order valence-corrected chi connectivity index (χ1v) is 7.97. The van der Waals surface area contributed by atoms with Gasteiger partial charge in [-0.25, -0.2) is 23.0 Å². The molecule has 0 bridgehead atoms. The second-order valence-corrected chi connectivity index (χ2v) is 5.88. The summed E-state index contributed by atoms with van der Waals surface area (Å²) in [6.07, 6.45) is 6.76. The Morgan fingerprint density at radius 1 is 1.27 bits per heavy atom. The zero-order valence-corrected chi connectivity index (χ0v) is 12.4. The predicted octanol–water partition coefficient (Wildman–Crippen LogP) is -0.560. The molecule has 1 amide bonds. The van der Waals surface area contributed by atoms with Gasteiger partial charge in [-0.05, 0) is 6.07 Å². The van der Waals surface area contributed by atoms with Crippen molar-refractivity contribution in [1.82, 2.24) is 15.3 Å². The van der Waals surface area contributed by atoms with Gasteiger partial charge < -0.3 is 9.87 Å². The van der Waals surface area contributed by atoms with Gasteiger partial charge in [0.25, 0.3) is 0 Å². The van der Waals surface area contributed by atoms with Crippen LogP contribution in [-0.2, 0) is 21.5 Å². The van der Waals surface area contributed by atoms with E-state index in [0.29, 0.717) is 6.54 Å². The predicted molar refractivity (Wildman–Crippen MR) is 75.0 cm³/mol. The molecule has 0 aromatic carbocycles. The lowest BCUT2D eigenvalue weighted by molar-refractivity contribution is -0.695. The zero-order chi connectivity index (χ0) is 16.0. The number of pyridine rings is 1. The van der Waals surface area contributed by atoms with Crippen LogP contribution in [0.3, 0.4) is 0 Å². The van der Waals surface area contributed by atoms with Gasteiger partial charge in [0.15, 0.2) is 18.9 Å². The summed E-state index contributed by atoms with van der Waals surface area (Å²) in [6, 6.07) is 5.49. The van der Waals surface area contributed by atoms with Gasteiger partial charge in [0, 0.05) is 23.9 Å². The van der Waals surface area contributed by atoms with E-state index in [1.165, 1.54) is 6.33 Å². The summed E-state index contributed by atoms with van der Waals surface area (Å²) in [4.78, 5) is 19.4. The largest absolute Gasteiger partial charge is 0.747 e. The van der Waals surface area contributed by atoms with Crippen LogP contribution >= 0.6 is 0 Å². The third-order valence-corrected chi connectivity index (χ3v) is 3.31. The second-order valence-electron chi connectivity index (χ2n) is 4.47. The number of aryl methyl sites for hydroxylation is 1. The quantitative estimate of drug-likeness (QED) is 0.563. The first-order chi connectivity index (χ1) is 10.4. The molecule has 2 aromatic rings. The summed E-state index contributed by atoms with van der Waals surface area (Å²) >= 11 is 0. The van der Waals surface area contributed by atoms with Crippen LogP contribution in [0.2, 0.25) is 0 Å². The molecule has 0 atom stereocenters. The van der Waals surface area contributed by atoms with Crippen LogP contribution in [0.1, 0.15) is 6.42 Å². The Kier molecular flexibility index (Phi) is 5.12. The molecule has 0 saturated carbocycles. The van der Waals surface area contributed by atoms with Crippen LogP contribution in [0.5, 0.6) is 0 Å². The summed E-state index contributed by atoms with van der Waals surface area (Å²) in [5, 5.41) is 2.06. The fourth-order valence-corrected chi connectivity index (χ4v) is 2.06. The van der Waals surface area contributed by atoms with E-state index in [2.05, 4.69) is 15.3 Å². The highest BCUT2D eigenvalue weighted by molar-refractivity contribution is 7.85. The highest BCUT2D eigenvalue weighted by atomic mass is 32.2. The molecule has 0 fully saturated rings. The lowest BCUT2D eigenvalue weighted by Gasteiger charge is -2.07. The maximum Gasteiger partial charge on any atom is 0.227 e. The number of carbonyl (C=O) groups excluding carboxylic acids is 1. The minimum Gasteiger partial charge on any atom is -0.747 e. The summed E-state index contributed by atoms with van der Waals surface area (Å²) in [7, 11) is -4.44. The molecule has 9 heteroatoms. The fraction of sp³-hybridized carbons (Fsp3) is 0.231. The average Bonchev–Trinajstić information content (AvgIpc) is 2.51. The van der Waals surface area contributed by atoms with E-state index in [-0.39, 0.29) is 6.42 Å². The van der Waals surface area contributed by atoms with Gasteiger partial charge >= 0.3 is 0 Å². The highest BCUT2D eigenvalue weighted by Gasteiger charge is 2.08. The fourth-order valence-electron chi connectivity index (χ4n) is 1.73. The summed E-state index contributed by atoms with van der Waals surface area (Å²) in [5.74, 6) is -1.38. The van der Waals surface area contributed by atoms with E-state index in [1.807, 2.05) is 12.1 Å². The van der Waals surface area contributed by atoms with E-state index >= 15 is 0 Å². The van der Waals surface area contributed by atoms with Gasteiger partial charge in [-0.3, -0.25) is 4.79 Å². The minimum absolute atomic E-state index is 0.0764. The van der Waals surface area contributed by atoms with Crippen LogP contribution in [0, 0.1) is 0 Å². The topological polar surface area (TPSA) is 116 Å². The molecule has 0 aliphatic rings. The standard InChI is InChI=1S/C13H14N4O4S/c18-13(16-10-22(19,20)21)4-8-17-6-2-11(3-7-17)12-1-5-14-9-15-12/h1-3,5-7,9H,4,8,10H2,(H-,16,18,19,20,21). The van der Waals surface area contributed by atoms with E-state index in [4.69, 9.17) is 0 Å². The molecular formula is C13H14N4O4S. The van der Waals surface area contributed by atoms with Crippen LogP contribution < -0.4 is 9.88 Å². The van der Waals surface area contributed by atoms with Gasteiger partial charge in [0.2, 0.25) is 5.91 Å². The Labute approximate surface area is 127 Å². The molecule has 0 radical (unpaired) electrons. The molecule has 0 saturated heterocycles. The Hall–Kier alpha value is -2.39. The zero-order valence-electron chi connectivity index (χ0n) is 11.5. The maximum atomic E-state index is 11.4. The van der Waals surface area contributed by atoms with Crippen molar-refractivity contribution in [3.8, 4) is 11.3 Å². The smallest absolute Gasteiger partial charge is 0.227 e. The molecule has 2 heterocycles. The number of amides is 1. The van der Waals surface area contributed by atoms with E-state index in [0.717, 1.165) is 11.3 Å². The minimum atomic E-state index is -4.44. The first kappa shape index (κ1) is 16.0. The lowest BCUT2D eigenvalue weighted by atomic mass is 10.2. The molecule has 0 spiro atoms. The van der Waals surface area contributed by atoms with Gasteiger partial charge in [-0.2, -0.15) is 0 Å². The Morgan fingerprint density at radius 3 is 2.59 bits per heavy atom. The number of carbonyl (C=O) groups is 1. The maximum absolute atomic E-state index is 11.4. The number of nitrogens with one attached hydrogen (secondary N) is 1. The highest BCUT2D eigenvalue weighted by Crippen LogP contribution is 2.12. The number of rotatable bonds is 6. The SMILES string of the molecule is O=C(CC[n+]1ccc(-c2ccncn2)cc1)NCS(=O)(=O)[O-]. The van der Waals surface area contributed by atoms with Crippen molar-refractivity contribution < 1.29 is 22.3 Å². The third-order valence-electron chi connectivity index (χ3n) is 2.81. The molecule has 22 heavy (non-hydrogen) atoms. The molecular weight excluding hydrogens is 308 g/mol.